The van der Waals surface area contributed by atoms with Crippen molar-refractivity contribution in [3.8, 4) is 0 Å². The zero-order chi connectivity index (χ0) is 11.8. The Kier molecular flexibility index (Phi) is 2.42. The van der Waals surface area contributed by atoms with E-state index in [4.69, 9.17) is 4.84 Å². The topological polar surface area (TPSA) is 44.1 Å². The quantitative estimate of drug-likeness (QED) is 0.735. The smallest absolute Gasteiger partial charge is 0.336 e. The molecule has 0 saturated heterocycles. The van der Waals surface area contributed by atoms with Crippen LogP contribution < -0.4 is 4.84 Å². The molecule has 16 heavy (non-hydrogen) atoms. The van der Waals surface area contributed by atoms with Gasteiger partial charge in [-0.3, -0.25) is 4.98 Å². The lowest BCUT2D eigenvalue weighted by atomic mass is 9.98. The zero-order valence-electron chi connectivity index (χ0n) is 9.60. The van der Waals surface area contributed by atoms with Crippen molar-refractivity contribution in [3.63, 3.8) is 0 Å². The second-order valence-electron chi connectivity index (χ2n) is 4.70. The largest absolute Gasteiger partial charge is 0.338 e. The molecular weight excluding hydrogens is 204 g/mol. The van der Waals surface area contributed by atoms with Gasteiger partial charge in [-0.2, -0.15) is 4.73 Å². The summed E-state index contributed by atoms with van der Waals surface area (Å²) in [6, 6.07) is 3.67. The molecule has 2 aromatic heterocycles. The molecule has 0 aromatic carbocycles. The fourth-order valence-electron chi connectivity index (χ4n) is 1.26. The molecule has 0 amide bonds. The fourth-order valence-corrected chi connectivity index (χ4v) is 1.26. The Balaban J connectivity index is 2.32. The molecule has 0 bridgehead atoms. The van der Waals surface area contributed by atoms with Crippen LogP contribution in [0.4, 0.5) is 0 Å². The van der Waals surface area contributed by atoms with Crippen LogP contribution in [0.15, 0.2) is 30.7 Å². The van der Waals surface area contributed by atoms with E-state index in [2.05, 4.69) is 4.98 Å². The van der Waals surface area contributed by atoms with E-state index in [1.54, 1.807) is 18.6 Å². The van der Waals surface area contributed by atoms with Crippen LogP contribution in [0.2, 0.25) is 0 Å². The Hall–Kier alpha value is -1.84. The highest BCUT2D eigenvalue weighted by Crippen LogP contribution is 2.16. The molecule has 4 nitrogen and oxygen atoms in total. The summed E-state index contributed by atoms with van der Waals surface area (Å²) in [5.74, 6) is -0.262. The average molecular weight is 218 g/mol. The highest BCUT2D eigenvalue weighted by molar-refractivity contribution is 5.80. The van der Waals surface area contributed by atoms with E-state index in [1.807, 2.05) is 32.9 Å². The minimum atomic E-state index is -0.510. The molecule has 4 heteroatoms. The van der Waals surface area contributed by atoms with Gasteiger partial charge in [0.05, 0.1) is 10.9 Å². The van der Waals surface area contributed by atoms with Crippen LogP contribution in [0.5, 0.6) is 0 Å². The van der Waals surface area contributed by atoms with Crippen molar-refractivity contribution in [2.75, 3.05) is 0 Å². The summed E-state index contributed by atoms with van der Waals surface area (Å²) in [5.41, 5.74) is 0.330. The number of rotatable bonds is 1. The summed E-state index contributed by atoms with van der Waals surface area (Å²) >= 11 is 0. The normalized spacial score (nSPS) is 11.7. The molecule has 0 fully saturated rings. The molecule has 0 aliphatic heterocycles. The number of hydrogen-bond donors (Lipinski definition) is 0. The maximum absolute atomic E-state index is 11.7. The van der Waals surface area contributed by atoms with Crippen LogP contribution in [0.1, 0.15) is 20.8 Å². The third-order valence-electron chi connectivity index (χ3n) is 2.25. The van der Waals surface area contributed by atoms with Gasteiger partial charge in [0.2, 0.25) is 0 Å². The van der Waals surface area contributed by atoms with Crippen molar-refractivity contribution in [2.24, 2.45) is 5.41 Å². The molecule has 0 N–H and O–H groups in total. The predicted molar refractivity (Wildman–Crippen MR) is 60.8 cm³/mol. The number of carbonyl (C=O) groups is 1. The third kappa shape index (κ3) is 1.91. The highest BCUT2D eigenvalue weighted by atomic mass is 16.7. The SMILES string of the molecule is CC(C)(C)C(=O)On1ccc2cnccc21. The molecule has 0 spiro atoms. The fraction of sp³-hybridized carbons (Fsp3) is 0.333. The van der Waals surface area contributed by atoms with Crippen molar-refractivity contribution < 1.29 is 9.63 Å². The summed E-state index contributed by atoms with van der Waals surface area (Å²) < 4.78 is 1.48. The van der Waals surface area contributed by atoms with Crippen LogP contribution in [0.25, 0.3) is 10.9 Å². The van der Waals surface area contributed by atoms with E-state index in [1.165, 1.54) is 4.73 Å². The van der Waals surface area contributed by atoms with Gasteiger partial charge >= 0.3 is 5.97 Å². The van der Waals surface area contributed by atoms with Crippen molar-refractivity contribution in [2.45, 2.75) is 20.8 Å². The van der Waals surface area contributed by atoms with Crippen molar-refractivity contribution in [1.29, 1.82) is 0 Å². The Morgan fingerprint density at radius 3 is 2.81 bits per heavy atom. The molecule has 0 unspecified atom stereocenters. The van der Waals surface area contributed by atoms with Gasteiger partial charge in [0.25, 0.3) is 0 Å². The van der Waals surface area contributed by atoms with Gasteiger partial charge in [-0.25, -0.2) is 4.79 Å². The third-order valence-corrected chi connectivity index (χ3v) is 2.25. The van der Waals surface area contributed by atoms with E-state index in [-0.39, 0.29) is 5.97 Å². The van der Waals surface area contributed by atoms with Gasteiger partial charge in [-0.1, -0.05) is 0 Å². The summed E-state index contributed by atoms with van der Waals surface area (Å²) in [6.07, 6.45) is 5.12. The van der Waals surface area contributed by atoms with Crippen molar-refractivity contribution >= 4 is 16.9 Å². The van der Waals surface area contributed by atoms with Crippen molar-refractivity contribution in [3.05, 3.63) is 30.7 Å². The van der Waals surface area contributed by atoms with Crippen LogP contribution in [-0.2, 0) is 4.79 Å². The number of fused-ring (bicyclic) bond motifs is 1. The van der Waals surface area contributed by atoms with Crippen LogP contribution >= 0.6 is 0 Å². The van der Waals surface area contributed by atoms with E-state index >= 15 is 0 Å². The van der Waals surface area contributed by atoms with Gasteiger partial charge in [0, 0.05) is 24.0 Å². The van der Waals surface area contributed by atoms with Crippen molar-refractivity contribution in [1.82, 2.24) is 9.71 Å². The second kappa shape index (κ2) is 3.63. The summed E-state index contributed by atoms with van der Waals surface area (Å²) in [5, 5.41) is 0.948. The van der Waals surface area contributed by atoms with E-state index < -0.39 is 5.41 Å². The Bertz CT molecular complexity index is 523. The first-order valence-corrected chi connectivity index (χ1v) is 5.12. The number of nitrogens with zero attached hydrogens (tertiary/aromatic N) is 2. The first-order chi connectivity index (χ1) is 7.48. The van der Waals surface area contributed by atoms with Crippen LogP contribution in [0, 0.1) is 5.41 Å². The standard InChI is InChI=1S/C12H14N2O2/c1-12(2,3)11(15)16-14-7-5-9-8-13-6-4-10(9)14/h4-8H,1-3H3. The average Bonchev–Trinajstić information content (AvgIpc) is 2.61. The van der Waals surface area contributed by atoms with Crippen LogP contribution in [-0.4, -0.2) is 15.7 Å². The lowest BCUT2D eigenvalue weighted by molar-refractivity contribution is -0.152. The molecule has 0 aliphatic carbocycles. The molecule has 0 aliphatic rings. The number of aromatic nitrogens is 2. The highest BCUT2D eigenvalue weighted by Gasteiger charge is 2.24. The number of carbonyl (C=O) groups excluding carboxylic acids is 1. The maximum Gasteiger partial charge on any atom is 0.338 e. The Morgan fingerprint density at radius 2 is 2.12 bits per heavy atom. The van der Waals surface area contributed by atoms with E-state index in [0.717, 1.165) is 10.9 Å². The summed E-state index contributed by atoms with van der Waals surface area (Å²) in [7, 11) is 0. The van der Waals surface area contributed by atoms with E-state index in [0.29, 0.717) is 0 Å². The summed E-state index contributed by atoms with van der Waals surface area (Å²) in [4.78, 5) is 21.0. The molecule has 0 atom stereocenters. The molecule has 2 heterocycles. The lowest BCUT2D eigenvalue weighted by Crippen LogP contribution is -2.30. The molecule has 0 saturated carbocycles. The lowest BCUT2D eigenvalue weighted by Gasteiger charge is -2.16. The maximum atomic E-state index is 11.7. The van der Waals surface area contributed by atoms with Crippen LogP contribution in [0.3, 0.4) is 0 Å². The zero-order valence-corrected chi connectivity index (χ0v) is 9.60. The predicted octanol–water partition coefficient (Wildman–Crippen LogP) is 2.04. The van der Waals surface area contributed by atoms with E-state index in [9.17, 15) is 4.79 Å². The first kappa shape index (κ1) is 10.7. The minimum Gasteiger partial charge on any atom is -0.336 e. The van der Waals surface area contributed by atoms with Gasteiger partial charge in [0.15, 0.2) is 0 Å². The Labute approximate surface area is 93.8 Å². The molecule has 2 rings (SSSR count). The molecule has 0 radical (unpaired) electrons. The second-order valence-corrected chi connectivity index (χ2v) is 4.70. The molecule has 2 aromatic rings. The monoisotopic (exact) mass is 218 g/mol. The minimum absolute atomic E-state index is 0.262. The Morgan fingerprint density at radius 1 is 1.38 bits per heavy atom. The first-order valence-electron chi connectivity index (χ1n) is 5.12. The molecular formula is C12H14N2O2. The van der Waals surface area contributed by atoms with Gasteiger partial charge in [-0.15, -0.1) is 0 Å². The summed E-state index contributed by atoms with van der Waals surface area (Å²) in [6.45, 7) is 5.47. The van der Waals surface area contributed by atoms with Gasteiger partial charge < -0.3 is 4.84 Å². The number of pyridine rings is 1. The number of hydrogen-bond acceptors (Lipinski definition) is 3. The van der Waals surface area contributed by atoms with Gasteiger partial charge in [-0.05, 0) is 32.9 Å². The van der Waals surface area contributed by atoms with Gasteiger partial charge in [0.1, 0.15) is 0 Å². The molecule has 84 valence electrons.